The second kappa shape index (κ2) is 7.38. The molecule has 1 heterocycles. The molecule has 5 nitrogen and oxygen atoms in total. The lowest BCUT2D eigenvalue weighted by Crippen LogP contribution is -2.24. The van der Waals surface area contributed by atoms with Crippen molar-refractivity contribution in [3.05, 3.63) is 64.3 Å². The summed E-state index contributed by atoms with van der Waals surface area (Å²) in [6, 6.07) is 13.4. The average Bonchev–Trinajstić information content (AvgIpc) is 2.52. The maximum Gasteiger partial charge on any atom is 0.287 e. The number of benzene rings is 1. The number of unbranched alkanes of at least 4 members (excludes halogenated alkanes) is 1. The molecular weight excluding hydrogens is 266 g/mol. The standard InChI is InChI=1S/C16H19N3O2/c1-2-3-11-18(13-14-7-5-4-6-8-14)16-10-9-15(12-17-16)19(20)21/h4-10,12H,2-3,11,13H2,1H3. The van der Waals surface area contributed by atoms with E-state index in [9.17, 15) is 10.1 Å². The Morgan fingerprint density at radius 2 is 1.95 bits per heavy atom. The summed E-state index contributed by atoms with van der Waals surface area (Å²) in [6.07, 6.45) is 3.48. The second-order valence-electron chi connectivity index (χ2n) is 4.89. The van der Waals surface area contributed by atoms with E-state index in [2.05, 4.69) is 28.9 Å². The van der Waals surface area contributed by atoms with E-state index in [1.54, 1.807) is 6.07 Å². The van der Waals surface area contributed by atoms with Gasteiger partial charge in [0.1, 0.15) is 12.0 Å². The number of anilines is 1. The Hall–Kier alpha value is -2.43. The molecule has 0 saturated heterocycles. The topological polar surface area (TPSA) is 59.3 Å². The minimum atomic E-state index is -0.426. The molecule has 0 saturated carbocycles. The SMILES string of the molecule is CCCCN(Cc1ccccc1)c1ccc([N+](=O)[O-])cn1. The van der Waals surface area contributed by atoms with E-state index < -0.39 is 4.92 Å². The van der Waals surface area contributed by atoms with Crippen LogP contribution in [0.3, 0.4) is 0 Å². The lowest BCUT2D eigenvalue weighted by atomic mass is 10.2. The predicted molar refractivity (Wildman–Crippen MR) is 83.3 cm³/mol. The van der Waals surface area contributed by atoms with Gasteiger partial charge in [0.05, 0.1) is 4.92 Å². The molecule has 0 N–H and O–H groups in total. The number of rotatable bonds is 7. The van der Waals surface area contributed by atoms with Crippen LogP contribution in [0.15, 0.2) is 48.7 Å². The molecule has 5 heteroatoms. The first-order chi connectivity index (χ1) is 10.2. The fourth-order valence-electron chi connectivity index (χ4n) is 2.10. The summed E-state index contributed by atoms with van der Waals surface area (Å²) in [4.78, 5) is 16.7. The van der Waals surface area contributed by atoms with Gasteiger partial charge in [-0.2, -0.15) is 0 Å². The highest BCUT2D eigenvalue weighted by molar-refractivity contribution is 5.43. The Morgan fingerprint density at radius 1 is 1.19 bits per heavy atom. The molecule has 2 aromatic rings. The number of hydrogen-bond acceptors (Lipinski definition) is 4. The van der Waals surface area contributed by atoms with Crippen LogP contribution < -0.4 is 4.90 Å². The van der Waals surface area contributed by atoms with Crippen molar-refractivity contribution in [1.29, 1.82) is 0 Å². The van der Waals surface area contributed by atoms with E-state index in [4.69, 9.17) is 0 Å². The van der Waals surface area contributed by atoms with E-state index in [1.165, 1.54) is 17.8 Å². The summed E-state index contributed by atoms with van der Waals surface area (Å²) in [6.45, 7) is 3.78. The molecule has 21 heavy (non-hydrogen) atoms. The summed E-state index contributed by atoms with van der Waals surface area (Å²) < 4.78 is 0. The van der Waals surface area contributed by atoms with E-state index in [-0.39, 0.29) is 5.69 Å². The normalized spacial score (nSPS) is 10.3. The third kappa shape index (κ3) is 4.27. The fourth-order valence-corrected chi connectivity index (χ4v) is 2.10. The molecule has 0 spiro atoms. The summed E-state index contributed by atoms with van der Waals surface area (Å²) in [5.41, 5.74) is 1.22. The van der Waals surface area contributed by atoms with Gasteiger partial charge in [-0.3, -0.25) is 10.1 Å². The summed E-state index contributed by atoms with van der Waals surface area (Å²) in [7, 11) is 0. The van der Waals surface area contributed by atoms with Gasteiger partial charge in [-0.15, -0.1) is 0 Å². The van der Waals surface area contributed by atoms with Crippen molar-refractivity contribution >= 4 is 11.5 Å². The molecule has 1 aromatic carbocycles. The molecule has 1 aromatic heterocycles. The molecule has 0 aliphatic heterocycles. The Bertz CT molecular complexity index is 570. The monoisotopic (exact) mass is 285 g/mol. The molecule has 0 aliphatic rings. The fraction of sp³-hybridized carbons (Fsp3) is 0.312. The molecule has 0 fully saturated rings. The van der Waals surface area contributed by atoms with Gasteiger partial charge in [-0.25, -0.2) is 4.98 Å². The summed E-state index contributed by atoms with van der Waals surface area (Å²) in [5, 5.41) is 10.7. The Kier molecular flexibility index (Phi) is 5.26. The molecule has 110 valence electrons. The zero-order valence-electron chi connectivity index (χ0n) is 12.1. The molecule has 0 amide bonds. The summed E-state index contributed by atoms with van der Waals surface area (Å²) >= 11 is 0. The van der Waals surface area contributed by atoms with E-state index in [1.807, 2.05) is 18.2 Å². The van der Waals surface area contributed by atoms with Gasteiger partial charge in [0.15, 0.2) is 0 Å². The van der Waals surface area contributed by atoms with Crippen molar-refractivity contribution in [3.63, 3.8) is 0 Å². The third-order valence-electron chi connectivity index (χ3n) is 3.26. The molecule has 0 radical (unpaired) electrons. The lowest BCUT2D eigenvalue weighted by Gasteiger charge is -2.23. The highest BCUT2D eigenvalue weighted by Crippen LogP contribution is 2.18. The van der Waals surface area contributed by atoms with Crippen molar-refractivity contribution in [2.75, 3.05) is 11.4 Å². The Morgan fingerprint density at radius 3 is 2.52 bits per heavy atom. The van der Waals surface area contributed by atoms with E-state index >= 15 is 0 Å². The van der Waals surface area contributed by atoms with Gasteiger partial charge in [0.2, 0.25) is 0 Å². The summed E-state index contributed by atoms with van der Waals surface area (Å²) in [5.74, 6) is 0.776. The van der Waals surface area contributed by atoms with Crippen molar-refractivity contribution in [1.82, 2.24) is 4.98 Å². The molecule has 0 aliphatic carbocycles. The Labute approximate surface area is 124 Å². The van der Waals surface area contributed by atoms with Crippen LogP contribution in [0.2, 0.25) is 0 Å². The highest BCUT2D eigenvalue weighted by atomic mass is 16.6. The minimum Gasteiger partial charge on any atom is -0.352 e. The van der Waals surface area contributed by atoms with Crippen LogP contribution >= 0.6 is 0 Å². The quantitative estimate of drug-likeness (QED) is 0.573. The predicted octanol–water partition coefficient (Wildman–Crippen LogP) is 3.80. The van der Waals surface area contributed by atoms with Crippen molar-refractivity contribution in [2.24, 2.45) is 0 Å². The van der Waals surface area contributed by atoms with Gasteiger partial charge < -0.3 is 4.90 Å². The van der Waals surface area contributed by atoms with Crippen LogP contribution in [-0.4, -0.2) is 16.5 Å². The first kappa shape index (κ1) is 15.0. The van der Waals surface area contributed by atoms with Crippen LogP contribution in [0.5, 0.6) is 0 Å². The zero-order chi connectivity index (χ0) is 15.1. The van der Waals surface area contributed by atoms with E-state index in [0.717, 1.165) is 31.7 Å². The van der Waals surface area contributed by atoms with Crippen molar-refractivity contribution in [2.45, 2.75) is 26.3 Å². The largest absolute Gasteiger partial charge is 0.352 e. The second-order valence-corrected chi connectivity index (χ2v) is 4.89. The highest BCUT2D eigenvalue weighted by Gasteiger charge is 2.11. The maximum absolute atomic E-state index is 10.7. The number of aromatic nitrogens is 1. The first-order valence-electron chi connectivity index (χ1n) is 7.10. The van der Waals surface area contributed by atoms with Crippen LogP contribution in [0, 0.1) is 10.1 Å². The Balaban J connectivity index is 2.16. The third-order valence-corrected chi connectivity index (χ3v) is 3.26. The van der Waals surface area contributed by atoms with Crippen LogP contribution in [0.4, 0.5) is 11.5 Å². The van der Waals surface area contributed by atoms with Gasteiger partial charge in [0, 0.05) is 19.2 Å². The van der Waals surface area contributed by atoms with Gasteiger partial charge in [-0.1, -0.05) is 43.7 Å². The number of hydrogen-bond donors (Lipinski definition) is 0. The van der Waals surface area contributed by atoms with E-state index in [0.29, 0.717) is 0 Å². The van der Waals surface area contributed by atoms with Crippen LogP contribution in [0.1, 0.15) is 25.3 Å². The molecule has 0 atom stereocenters. The number of pyridine rings is 1. The first-order valence-corrected chi connectivity index (χ1v) is 7.10. The zero-order valence-corrected chi connectivity index (χ0v) is 12.1. The molecule has 2 rings (SSSR count). The van der Waals surface area contributed by atoms with Crippen molar-refractivity contribution < 1.29 is 4.92 Å². The van der Waals surface area contributed by atoms with Gasteiger partial charge in [-0.05, 0) is 18.1 Å². The van der Waals surface area contributed by atoms with Crippen LogP contribution in [0.25, 0.3) is 0 Å². The molecular formula is C16H19N3O2. The van der Waals surface area contributed by atoms with Gasteiger partial charge >= 0.3 is 0 Å². The smallest absolute Gasteiger partial charge is 0.287 e. The maximum atomic E-state index is 10.7. The van der Waals surface area contributed by atoms with Crippen LogP contribution in [-0.2, 0) is 6.54 Å². The molecule has 0 unspecified atom stereocenters. The average molecular weight is 285 g/mol. The minimum absolute atomic E-state index is 0.0221. The van der Waals surface area contributed by atoms with Gasteiger partial charge in [0.25, 0.3) is 5.69 Å². The lowest BCUT2D eigenvalue weighted by molar-refractivity contribution is -0.385. The van der Waals surface area contributed by atoms with Crippen molar-refractivity contribution in [3.8, 4) is 0 Å². The number of nitro groups is 1. The molecule has 0 bridgehead atoms. The number of nitrogens with zero attached hydrogens (tertiary/aromatic N) is 3.